The van der Waals surface area contributed by atoms with E-state index in [0.29, 0.717) is 97.1 Å². The third-order valence-electron chi connectivity index (χ3n) is 5.12. The molecule has 0 spiro atoms. The van der Waals surface area contributed by atoms with Gasteiger partial charge in [-0.1, -0.05) is 51.2 Å². The fourth-order valence-corrected chi connectivity index (χ4v) is 3.14. The van der Waals surface area contributed by atoms with Crippen LogP contribution in [0.4, 0.5) is 5.69 Å². The van der Waals surface area contributed by atoms with Crippen molar-refractivity contribution in [2.24, 2.45) is 0 Å². The van der Waals surface area contributed by atoms with Gasteiger partial charge in [0, 0.05) is 6.42 Å². The van der Waals surface area contributed by atoms with Crippen LogP contribution in [0.25, 0.3) is 0 Å². The number of carbonyl (C=O) groups is 1. The summed E-state index contributed by atoms with van der Waals surface area (Å²) in [6.07, 6.45) is 7.45. The summed E-state index contributed by atoms with van der Waals surface area (Å²) in [5, 5.41) is 0. The summed E-state index contributed by atoms with van der Waals surface area (Å²) < 4.78 is 37.9. The predicted molar refractivity (Wildman–Crippen MR) is 139 cm³/mol. The summed E-state index contributed by atoms with van der Waals surface area (Å²) in [5.74, 6) is 0.529. The van der Waals surface area contributed by atoms with Gasteiger partial charge in [-0.2, -0.15) is 0 Å². The summed E-state index contributed by atoms with van der Waals surface area (Å²) in [5.41, 5.74) is 6.42. The Hall–Kier alpha value is -1.91. The maximum Gasteiger partial charge on any atom is 0.305 e. The first-order chi connectivity index (χ1) is 17.7. The third-order valence-corrected chi connectivity index (χ3v) is 5.12. The van der Waals surface area contributed by atoms with Gasteiger partial charge in [-0.25, -0.2) is 0 Å². The zero-order chi connectivity index (χ0) is 25.9. The molecule has 0 aliphatic rings. The van der Waals surface area contributed by atoms with Gasteiger partial charge in [-0.05, 0) is 18.6 Å². The molecule has 0 fully saturated rings. The molecule has 0 heterocycles. The normalized spacial score (nSPS) is 11.0. The van der Waals surface area contributed by atoms with Crippen LogP contribution in [0.2, 0.25) is 0 Å². The zero-order valence-corrected chi connectivity index (χ0v) is 22.1. The molecule has 0 bridgehead atoms. The predicted octanol–water partition coefficient (Wildman–Crippen LogP) is 4.02. The molecule has 0 aliphatic heterocycles. The van der Waals surface area contributed by atoms with Gasteiger partial charge in [0.25, 0.3) is 0 Å². The standard InChI is InChI=1S/C27H47NO8/c1-2-3-4-5-6-7-12-27(29)36-24-22-34-20-18-32-16-14-30-13-15-31-17-19-33-21-23-35-26-11-9-8-10-25(26)28/h8-11H,2-7,12-24,28H2,1H3. The minimum atomic E-state index is -0.140. The molecule has 1 rings (SSSR count). The van der Waals surface area contributed by atoms with Crippen LogP contribution < -0.4 is 10.5 Å². The topological polar surface area (TPSA) is 108 Å². The first-order valence-electron chi connectivity index (χ1n) is 13.3. The van der Waals surface area contributed by atoms with Crippen LogP contribution in [0.5, 0.6) is 5.75 Å². The molecular weight excluding hydrogens is 466 g/mol. The second kappa shape index (κ2) is 24.8. The molecule has 9 nitrogen and oxygen atoms in total. The number of unbranched alkanes of at least 4 members (excludes halogenated alkanes) is 5. The van der Waals surface area contributed by atoms with Gasteiger partial charge in [0.2, 0.25) is 0 Å². The fraction of sp³-hybridized carbons (Fsp3) is 0.741. The van der Waals surface area contributed by atoms with Crippen molar-refractivity contribution in [2.75, 3.05) is 85.0 Å². The van der Waals surface area contributed by atoms with Crippen molar-refractivity contribution in [3.63, 3.8) is 0 Å². The number of rotatable bonds is 26. The van der Waals surface area contributed by atoms with Crippen molar-refractivity contribution in [2.45, 2.75) is 51.9 Å². The van der Waals surface area contributed by atoms with E-state index >= 15 is 0 Å². The Balaban J connectivity index is 1.71. The Morgan fingerprint density at radius 3 is 1.67 bits per heavy atom. The highest BCUT2D eigenvalue weighted by molar-refractivity contribution is 5.69. The molecule has 0 unspecified atom stereocenters. The third kappa shape index (κ3) is 20.3. The monoisotopic (exact) mass is 513 g/mol. The molecule has 0 saturated heterocycles. The van der Waals surface area contributed by atoms with E-state index in [1.54, 1.807) is 6.07 Å². The van der Waals surface area contributed by atoms with Crippen molar-refractivity contribution in [1.82, 2.24) is 0 Å². The SMILES string of the molecule is CCCCCCCCC(=O)OCCOCCOCCOCCOCCOCCOc1ccccc1N. The average molecular weight is 514 g/mol. The highest BCUT2D eigenvalue weighted by Gasteiger charge is 2.02. The average Bonchev–Trinajstić information content (AvgIpc) is 2.88. The van der Waals surface area contributed by atoms with Crippen LogP contribution in [0.1, 0.15) is 51.9 Å². The van der Waals surface area contributed by atoms with Gasteiger partial charge in [0.05, 0.1) is 71.8 Å². The van der Waals surface area contributed by atoms with Crippen molar-refractivity contribution in [3.05, 3.63) is 24.3 Å². The Labute approximate surface area is 216 Å². The molecule has 9 heteroatoms. The molecule has 1 aromatic rings. The summed E-state index contributed by atoms with van der Waals surface area (Å²) in [6.45, 7) is 7.70. The highest BCUT2D eigenvalue weighted by Crippen LogP contribution is 2.19. The van der Waals surface area contributed by atoms with E-state index in [2.05, 4.69) is 6.92 Å². The van der Waals surface area contributed by atoms with Crippen molar-refractivity contribution in [1.29, 1.82) is 0 Å². The second-order valence-electron chi connectivity index (χ2n) is 8.19. The van der Waals surface area contributed by atoms with E-state index in [1.807, 2.05) is 18.2 Å². The first kappa shape index (κ1) is 32.1. The number of para-hydroxylation sites is 2. The van der Waals surface area contributed by atoms with E-state index < -0.39 is 0 Å². The second-order valence-corrected chi connectivity index (χ2v) is 8.19. The van der Waals surface area contributed by atoms with E-state index in [4.69, 9.17) is 38.9 Å². The van der Waals surface area contributed by atoms with Crippen LogP contribution in [0.15, 0.2) is 24.3 Å². The maximum atomic E-state index is 11.6. The van der Waals surface area contributed by atoms with Crippen LogP contribution in [-0.4, -0.2) is 85.3 Å². The van der Waals surface area contributed by atoms with Gasteiger partial charge >= 0.3 is 5.97 Å². The Bertz CT molecular complexity index is 632. The molecule has 0 aliphatic carbocycles. The number of hydrogen-bond acceptors (Lipinski definition) is 9. The highest BCUT2D eigenvalue weighted by atomic mass is 16.6. The Kier molecular flexibility index (Phi) is 22.1. The van der Waals surface area contributed by atoms with Crippen LogP contribution in [0.3, 0.4) is 0 Å². The molecule has 0 saturated carbocycles. The van der Waals surface area contributed by atoms with Gasteiger partial charge < -0.3 is 38.9 Å². The number of esters is 1. The number of nitrogens with two attached hydrogens (primary N) is 1. The minimum Gasteiger partial charge on any atom is -0.489 e. The van der Waals surface area contributed by atoms with Crippen molar-refractivity contribution in [3.8, 4) is 5.75 Å². The lowest BCUT2D eigenvalue weighted by Crippen LogP contribution is -2.15. The number of benzene rings is 1. The lowest BCUT2D eigenvalue weighted by molar-refractivity contribution is -0.145. The molecule has 2 N–H and O–H groups in total. The lowest BCUT2D eigenvalue weighted by atomic mass is 10.1. The van der Waals surface area contributed by atoms with E-state index in [0.717, 1.165) is 12.8 Å². The first-order valence-corrected chi connectivity index (χ1v) is 13.3. The van der Waals surface area contributed by atoms with Crippen LogP contribution in [0, 0.1) is 0 Å². The van der Waals surface area contributed by atoms with Gasteiger partial charge in [-0.3, -0.25) is 4.79 Å². The van der Waals surface area contributed by atoms with Crippen molar-refractivity contribution >= 4 is 11.7 Å². The van der Waals surface area contributed by atoms with E-state index in [9.17, 15) is 4.79 Å². The smallest absolute Gasteiger partial charge is 0.305 e. The van der Waals surface area contributed by atoms with Crippen LogP contribution >= 0.6 is 0 Å². The van der Waals surface area contributed by atoms with Gasteiger partial charge in [0.15, 0.2) is 0 Å². The molecule has 36 heavy (non-hydrogen) atoms. The lowest BCUT2D eigenvalue weighted by Gasteiger charge is -2.09. The molecule has 0 radical (unpaired) electrons. The molecule has 0 aromatic heterocycles. The number of anilines is 1. The number of ether oxygens (including phenoxy) is 7. The summed E-state index contributed by atoms with van der Waals surface area (Å²) in [7, 11) is 0. The fourth-order valence-electron chi connectivity index (χ4n) is 3.14. The maximum absolute atomic E-state index is 11.6. The number of nitrogen functional groups attached to an aromatic ring is 1. The summed E-state index contributed by atoms with van der Waals surface area (Å²) >= 11 is 0. The number of carbonyl (C=O) groups excluding carboxylic acids is 1. The molecule has 208 valence electrons. The Morgan fingerprint density at radius 1 is 0.639 bits per heavy atom. The summed E-state index contributed by atoms with van der Waals surface area (Å²) in [6, 6.07) is 7.37. The minimum absolute atomic E-state index is 0.140. The quantitative estimate of drug-likeness (QED) is 0.112. The zero-order valence-electron chi connectivity index (χ0n) is 22.1. The van der Waals surface area contributed by atoms with E-state index in [1.165, 1.54) is 25.7 Å². The van der Waals surface area contributed by atoms with Crippen LogP contribution in [-0.2, 0) is 33.2 Å². The summed E-state index contributed by atoms with van der Waals surface area (Å²) in [4.78, 5) is 11.6. The molecule has 0 atom stereocenters. The van der Waals surface area contributed by atoms with Crippen molar-refractivity contribution < 1.29 is 38.0 Å². The molecular formula is C27H47NO8. The van der Waals surface area contributed by atoms with Gasteiger partial charge in [-0.15, -0.1) is 0 Å². The molecule has 1 aromatic carbocycles. The largest absolute Gasteiger partial charge is 0.489 e. The van der Waals surface area contributed by atoms with Gasteiger partial charge in [0.1, 0.15) is 19.0 Å². The molecule has 0 amide bonds. The number of hydrogen-bond donors (Lipinski definition) is 1. The van der Waals surface area contributed by atoms with E-state index in [-0.39, 0.29) is 5.97 Å². The Morgan fingerprint density at radius 2 is 1.11 bits per heavy atom.